The molecule has 18 heavy (non-hydrogen) atoms. The van der Waals surface area contributed by atoms with Gasteiger partial charge in [-0.1, -0.05) is 13.8 Å². The van der Waals surface area contributed by atoms with E-state index in [0.29, 0.717) is 12.5 Å². The SMILES string of the molecule is CC(C)c1nc(C(=O)NCC2CCOC2C)n[nH]1. The smallest absolute Gasteiger partial charge is 0.290 e. The van der Waals surface area contributed by atoms with Crippen molar-refractivity contribution in [2.45, 2.75) is 39.2 Å². The first-order chi connectivity index (χ1) is 8.58. The molecule has 1 aromatic rings. The molecule has 0 radical (unpaired) electrons. The normalized spacial score (nSPS) is 23.6. The average Bonchev–Trinajstić information content (AvgIpc) is 2.94. The van der Waals surface area contributed by atoms with E-state index < -0.39 is 0 Å². The summed E-state index contributed by atoms with van der Waals surface area (Å²) in [6, 6.07) is 0. The average molecular weight is 252 g/mol. The number of hydrogen-bond acceptors (Lipinski definition) is 4. The fraction of sp³-hybridized carbons (Fsp3) is 0.750. The maximum Gasteiger partial charge on any atom is 0.290 e. The number of hydrogen-bond donors (Lipinski definition) is 2. The fourth-order valence-corrected chi connectivity index (χ4v) is 1.98. The van der Waals surface area contributed by atoms with E-state index in [-0.39, 0.29) is 23.8 Å². The van der Waals surface area contributed by atoms with E-state index in [2.05, 4.69) is 20.5 Å². The van der Waals surface area contributed by atoms with E-state index in [1.807, 2.05) is 20.8 Å². The molecular weight excluding hydrogens is 232 g/mol. The molecule has 1 aromatic heterocycles. The fourth-order valence-electron chi connectivity index (χ4n) is 1.98. The highest BCUT2D eigenvalue weighted by Gasteiger charge is 2.25. The molecule has 1 fully saturated rings. The molecule has 2 atom stereocenters. The largest absolute Gasteiger partial charge is 0.378 e. The molecule has 0 bridgehead atoms. The van der Waals surface area contributed by atoms with Crippen LogP contribution in [0.2, 0.25) is 0 Å². The van der Waals surface area contributed by atoms with Gasteiger partial charge in [0.1, 0.15) is 5.82 Å². The topological polar surface area (TPSA) is 79.9 Å². The van der Waals surface area contributed by atoms with Crippen LogP contribution in [0.25, 0.3) is 0 Å². The van der Waals surface area contributed by atoms with Gasteiger partial charge in [0.05, 0.1) is 6.10 Å². The summed E-state index contributed by atoms with van der Waals surface area (Å²) in [6.07, 6.45) is 1.20. The third-order valence-electron chi connectivity index (χ3n) is 3.31. The maximum atomic E-state index is 11.8. The Morgan fingerprint density at radius 2 is 2.39 bits per heavy atom. The summed E-state index contributed by atoms with van der Waals surface area (Å²) in [5, 5.41) is 9.56. The first-order valence-corrected chi connectivity index (χ1v) is 6.40. The number of rotatable bonds is 4. The number of carbonyl (C=O) groups is 1. The Hall–Kier alpha value is -1.43. The van der Waals surface area contributed by atoms with Crippen LogP contribution < -0.4 is 5.32 Å². The van der Waals surface area contributed by atoms with E-state index in [4.69, 9.17) is 4.74 Å². The van der Waals surface area contributed by atoms with Gasteiger partial charge in [-0.3, -0.25) is 9.89 Å². The van der Waals surface area contributed by atoms with Crippen LogP contribution in [0.3, 0.4) is 0 Å². The molecule has 100 valence electrons. The van der Waals surface area contributed by atoms with Gasteiger partial charge in [-0.25, -0.2) is 4.98 Å². The zero-order valence-corrected chi connectivity index (χ0v) is 11.1. The van der Waals surface area contributed by atoms with E-state index in [9.17, 15) is 4.79 Å². The monoisotopic (exact) mass is 252 g/mol. The Kier molecular flexibility index (Phi) is 3.96. The first-order valence-electron chi connectivity index (χ1n) is 6.40. The Bertz CT molecular complexity index is 416. The Balaban J connectivity index is 1.87. The second-order valence-corrected chi connectivity index (χ2v) is 5.03. The molecular formula is C12H20N4O2. The number of aromatic amines is 1. The van der Waals surface area contributed by atoms with Gasteiger partial charge >= 0.3 is 0 Å². The quantitative estimate of drug-likeness (QED) is 0.840. The minimum atomic E-state index is -0.225. The predicted molar refractivity (Wildman–Crippen MR) is 66.3 cm³/mol. The van der Waals surface area contributed by atoms with Crippen LogP contribution in [-0.2, 0) is 4.74 Å². The van der Waals surface area contributed by atoms with Crippen LogP contribution in [0, 0.1) is 5.92 Å². The molecule has 6 nitrogen and oxygen atoms in total. The molecule has 6 heteroatoms. The summed E-state index contributed by atoms with van der Waals surface area (Å²) in [7, 11) is 0. The van der Waals surface area contributed by atoms with E-state index in [1.165, 1.54) is 0 Å². The summed E-state index contributed by atoms with van der Waals surface area (Å²) >= 11 is 0. The number of carbonyl (C=O) groups excluding carboxylic acids is 1. The zero-order valence-electron chi connectivity index (χ0n) is 11.1. The van der Waals surface area contributed by atoms with Gasteiger partial charge in [0.25, 0.3) is 5.91 Å². The predicted octanol–water partition coefficient (Wildman–Crippen LogP) is 1.08. The van der Waals surface area contributed by atoms with Crippen molar-refractivity contribution in [1.29, 1.82) is 0 Å². The van der Waals surface area contributed by atoms with Crippen LogP contribution in [0.4, 0.5) is 0 Å². The Labute approximate surface area is 107 Å². The van der Waals surface area contributed by atoms with Crippen molar-refractivity contribution in [1.82, 2.24) is 20.5 Å². The molecule has 0 spiro atoms. The Morgan fingerprint density at radius 1 is 1.61 bits per heavy atom. The molecule has 2 rings (SSSR count). The second kappa shape index (κ2) is 5.48. The van der Waals surface area contributed by atoms with Gasteiger partial charge in [0, 0.05) is 25.0 Å². The van der Waals surface area contributed by atoms with Crippen molar-refractivity contribution in [3.05, 3.63) is 11.6 Å². The third kappa shape index (κ3) is 2.87. The number of nitrogens with one attached hydrogen (secondary N) is 2. The lowest BCUT2D eigenvalue weighted by Gasteiger charge is -2.13. The van der Waals surface area contributed by atoms with Gasteiger partial charge in [-0.2, -0.15) is 0 Å². The Morgan fingerprint density at radius 3 is 2.94 bits per heavy atom. The summed E-state index contributed by atoms with van der Waals surface area (Å²) < 4.78 is 5.45. The minimum Gasteiger partial charge on any atom is -0.378 e. The van der Waals surface area contributed by atoms with E-state index in [0.717, 1.165) is 18.9 Å². The van der Waals surface area contributed by atoms with Gasteiger partial charge in [0.15, 0.2) is 0 Å². The summed E-state index contributed by atoms with van der Waals surface area (Å²) in [4.78, 5) is 16.0. The highest BCUT2D eigenvalue weighted by Crippen LogP contribution is 2.19. The van der Waals surface area contributed by atoms with E-state index >= 15 is 0 Å². The van der Waals surface area contributed by atoms with Crippen molar-refractivity contribution in [2.75, 3.05) is 13.2 Å². The van der Waals surface area contributed by atoms with Crippen LogP contribution in [-0.4, -0.2) is 40.3 Å². The van der Waals surface area contributed by atoms with Crippen LogP contribution in [0.5, 0.6) is 0 Å². The van der Waals surface area contributed by atoms with Crippen molar-refractivity contribution in [2.24, 2.45) is 5.92 Å². The second-order valence-electron chi connectivity index (χ2n) is 5.03. The maximum absolute atomic E-state index is 11.8. The van der Waals surface area contributed by atoms with Crippen molar-refractivity contribution in [3.8, 4) is 0 Å². The number of nitrogens with zero attached hydrogens (tertiary/aromatic N) is 2. The van der Waals surface area contributed by atoms with Gasteiger partial charge in [-0.15, -0.1) is 5.10 Å². The van der Waals surface area contributed by atoms with Crippen molar-refractivity contribution >= 4 is 5.91 Å². The third-order valence-corrected chi connectivity index (χ3v) is 3.31. The molecule has 0 aromatic carbocycles. The summed E-state index contributed by atoms with van der Waals surface area (Å²) in [5.41, 5.74) is 0. The first kappa shape index (κ1) is 13.0. The number of ether oxygens (including phenoxy) is 1. The molecule has 0 saturated carbocycles. The number of aromatic nitrogens is 3. The van der Waals surface area contributed by atoms with Crippen LogP contribution in [0.15, 0.2) is 0 Å². The number of H-pyrrole nitrogens is 1. The molecule has 2 heterocycles. The van der Waals surface area contributed by atoms with Crippen LogP contribution in [0.1, 0.15) is 49.6 Å². The zero-order chi connectivity index (χ0) is 13.1. The summed E-state index contributed by atoms with van der Waals surface area (Å²) in [5.74, 6) is 1.35. The lowest BCUT2D eigenvalue weighted by atomic mass is 10.0. The highest BCUT2D eigenvalue weighted by atomic mass is 16.5. The van der Waals surface area contributed by atoms with Crippen LogP contribution >= 0.6 is 0 Å². The number of amides is 1. The molecule has 2 unspecified atom stereocenters. The van der Waals surface area contributed by atoms with Crippen molar-refractivity contribution in [3.63, 3.8) is 0 Å². The summed E-state index contributed by atoms with van der Waals surface area (Å²) in [6.45, 7) is 7.43. The van der Waals surface area contributed by atoms with Gasteiger partial charge in [0.2, 0.25) is 5.82 Å². The van der Waals surface area contributed by atoms with Crippen molar-refractivity contribution < 1.29 is 9.53 Å². The molecule has 1 aliphatic rings. The molecule has 0 aliphatic carbocycles. The molecule has 1 saturated heterocycles. The minimum absolute atomic E-state index is 0.212. The lowest BCUT2D eigenvalue weighted by molar-refractivity contribution is 0.0899. The van der Waals surface area contributed by atoms with E-state index in [1.54, 1.807) is 0 Å². The lowest BCUT2D eigenvalue weighted by Crippen LogP contribution is -2.32. The molecule has 1 aliphatic heterocycles. The molecule has 1 amide bonds. The highest BCUT2D eigenvalue weighted by molar-refractivity contribution is 5.90. The molecule has 2 N–H and O–H groups in total. The standard InChI is InChI=1S/C12H20N4O2/c1-7(2)10-14-11(16-15-10)12(17)13-6-9-4-5-18-8(9)3/h7-9H,4-6H2,1-3H3,(H,13,17)(H,14,15,16). The van der Waals surface area contributed by atoms with Gasteiger partial charge in [-0.05, 0) is 13.3 Å². The van der Waals surface area contributed by atoms with Gasteiger partial charge < -0.3 is 10.1 Å².